The minimum Gasteiger partial charge on any atom is -0.469 e. The van der Waals surface area contributed by atoms with E-state index in [1.54, 1.807) is 13.0 Å². The van der Waals surface area contributed by atoms with Gasteiger partial charge in [-0.15, -0.1) is 0 Å². The molecular formula is C16H24FNO3. The van der Waals surface area contributed by atoms with Crippen molar-refractivity contribution in [3.8, 4) is 0 Å². The van der Waals surface area contributed by atoms with Crippen LogP contribution in [0.15, 0.2) is 18.2 Å². The van der Waals surface area contributed by atoms with E-state index in [-0.39, 0.29) is 17.8 Å². The highest BCUT2D eigenvalue weighted by molar-refractivity contribution is 5.70. The molecule has 1 aromatic carbocycles. The summed E-state index contributed by atoms with van der Waals surface area (Å²) in [5.41, 5.74) is 0.744. The SMILES string of the molecule is COC(=O)CC(NC(C)(C)C)C(O)c1ccc(F)c(C)c1. The van der Waals surface area contributed by atoms with E-state index in [2.05, 4.69) is 10.1 Å². The minimum absolute atomic E-state index is 0.0331. The van der Waals surface area contributed by atoms with Gasteiger partial charge >= 0.3 is 5.97 Å². The summed E-state index contributed by atoms with van der Waals surface area (Å²) in [5.74, 6) is -0.728. The van der Waals surface area contributed by atoms with Gasteiger partial charge in [0, 0.05) is 11.6 Å². The van der Waals surface area contributed by atoms with E-state index in [0.29, 0.717) is 11.1 Å². The predicted octanol–water partition coefficient (Wildman–Crippen LogP) is 2.49. The van der Waals surface area contributed by atoms with Crippen LogP contribution in [0.25, 0.3) is 0 Å². The second-order valence-corrected chi connectivity index (χ2v) is 6.23. The normalized spacial score (nSPS) is 14.6. The van der Waals surface area contributed by atoms with E-state index in [0.717, 1.165) is 0 Å². The molecule has 118 valence electrons. The van der Waals surface area contributed by atoms with Gasteiger partial charge in [0.05, 0.1) is 19.6 Å². The van der Waals surface area contributed by atoms with Crippen molar-refractivity contribution in [3.63, 3.8) is 0 Å². The molecule has 1 rings (SSSR count). The molecule has 0 fully saturated rings. The molecule has 0 heterocycles. The number of esters is 1. The summed E-state index contributed by atoms with van der Waals surface area (Å²) in [6.45, 7) is 7.47. The van der Waals surface area contributed by atoms with Gasteiger partial charge in [-0.25, -0.2) is 4.39 Å². The van der Waals surface area contributed by atoms with Gasteiger partial charge in [-0.05, 0) is 44.9 Å². The molecule has 0 saturated heterocycles. The number of hydrogen-bond donors (Lipinski definition) is 2. The molecule has 2 unspecified atom stereocenters. The van der Waals surface area contributed by atoms with E-state index < -0.39 is 18.1 Å². The Bertz CT molecular complexity index is 497. The third-order valence-corrected chi connectivity index (χ3v) is 3.14. The van der Waals surface area contributed by atoms with Crippen molar-refractivity contribution >= 4 is 5.97 Å². The van der Waals surface area contributed by atoms with Gasteiger partial charge in [-0.3, -0.25) is 4.79 Å². The molecule has 0 amide bonds. The molecule has 0 radical (unpaired) electrons. The summed E-state index contributed by atoms with van der Waals surface area (Å²) >= 11 is 0. The number of aliphatic hydroxyl groups excluding tert-OH is 1. The van der Waals surface area contributed by atoms with Crippen LogP contribution >= 0.6 is 0 Å². The molecule has 21 heavy (non-hydrogen) atoms. The first-order chi connectivity index (χ1) is 9.64. The first-order valence-corrected chi connectivity index (χ1v) is 6.92. The van der Waals surface area contributed by atoms with Gasteiger partial charge in [-0.1, -0.05) is 12.1 Å². The topological polar surface area (TPSA) is 58.6 Å². The molecule has 4 nitrogen and oxygen atoms in total. The zero-order chi connectivity index (χ0) is 16.2. The van der Waals surface area contributed by atoms with E-state index in [4.69, 9.17) is 0 Å². The maximum Gasteiger partial charge on any atom is 0.307 e. The van der Waals surface area contributed by atoms with Crippen LogP contribution in [0.5, 0.6) is 0 Å². The van der Waals surface area contributed by atoms with Crippen molar-refractivity contribution in [1.29, 1.82) is 0 Å². The number of nitrogens with one attached hydrogen (secondary N) is 1. The molecule has 0 saturated carbocycles. The zero-order valence-corrected chi connectivity index (χ0v) is 13.2. The molecule has 0 aliphatic carbocycles. The largest absolute Gasteiger partial charge is 0.469 e. The van der Waals surface area contributed by atoms with Gasteiger partial charge in [0.25, 0.3) is 0 Å². The minimum atomic E-state index is -0.928. The fourth-order valence-corrected chi connectivity index (χ4v) is 2.14. The van der Waals surface area contributed by atoms with Crippen molar-refractivity contribution < 1.29 is 19.0 Å². The number of aliphatic hydroxyl groups is 1. The molecule has 1 aromatic rings. The third-order valence-electron chi connectivity index (χ3n) is 3.14. The van der Waals surface area contributed by atoms with Crippen LogP contribution in [0.1, 0.15) is 44.4 Å². The Morgan fingerprint density at radius 3 is 2.52 bits per heavy atom. The van der Waals surface area contributed by atoms with Crippen LogP contribution in [0.2, 0.25) is 0 Å². The Balaban J connectivity index is 2.99. The summed E-state index contributed by atoms with van der Waals surface area (Å²) in [6, 6.07) is 3.93. The van der Waals surface area contributed by atoms with Crippen LogP contribution in [0, 0.1) is 12.7 Å². The highest BCUT2D eigenvalue weighted by Gasteiger charge is 2.28. The first-order valence-electron chi connectivity index (χ1n) is 6.92. The second-order valence-electron chi connectivity index (χ2n) is 6.23. The molecule has 0 aromatic heterocycles. The van der Waals surface area contributed by atoms with Gasteiger partial charge in [-0.2, -0.15) is 0 Å². The van der Waals surface area contributed by atoms with E-state index in [9.17, 15) is 14.3 Å². The number of hydrogen-bond acceptors (Lipinski definition) is 4. The lowest BCUT2D eigenvalue weighted by atomic mass is 9.95. The second kappa shape index (κ2) is 7.00. The Kier molecular flexibility index (Phi) is 5.87. The number of aryl methyl sites for hydroxylation is 1. The van der Waals surface area contributed by atoms with Gasteiger partial charge in [0.15, 0.2) is 0 Å². The van der Waals surface area contributed by atoms with Crippen LogP contribution in [-0.4, -0.2) is 29.8 Å². The molecule has 0 aliphatic heterocycles. The van der Waals surface area contributed by atoms with Crippen LogP contribution in [0.3, 0.4) is 0 Å². The molecular weight excluding hydrogens is 273 g/mol. The van der Waals surface area contributed by atoms with Crippen LogP contribution < -0.4 is 5.32 Å². The maximum atomic E-state index is 13.3. The summed E-state index contributed by atoms with van der Waals surface area (Å²) in [4.78, 5) is 11.5. The quantitative estimate of drug-likeness (QED) is 0.820. The Morgan fingerprint density at radius 1 is 1.43 bits per heavy atom. The lowest BCUT2D eigenvalue weighted by molar-refractivity contribution is -0.142. The maximum absolute atomic E-state index is 13.3. The molecule has 5 heteroatoms. The first kappa shape index (κ1) is 17.6. The van der Waals surface area contributed by atoms with Crippen molar-refractivity contribution in [1.82, 2.24) is 5.32 Å². The standard InChI is InChI=1S/C16H24FNO3/c1-10-8-11(6-7-12(10)17)15(20)13(9-14(19)21-5)18-16(2,3)4/h6-8,13,15,18,20H,9H2,1-5H3. The van der Waals surface area contributed by atoms with Gasteiger partial charge in [0.1, 0.15) is 5.82 Å². The number of carbonyl (C=O) groups is 1. The average molecular weight is 297 g/mol. The summed E-state index contributed by atoms with van der Waals surface area (Å²) in [7, 11) is 1.31. The van der Waals surface area contributed by atoms with Gasteiger partial charge in [0.2, 0.25) is 0 Å². The van der Waals surface area contributed by atoms with E-state index in [1.165, 1.54) is 19.2 Å². The number of ether oxygens (including phenoxy) is 1. The molecule has 0 bridgehead atoms. The number of halogens is 1. The Hall–Kier alpha value is -1.46. The van der Waals surface area contributed by atoms with Crippen molar-refractivity contribution in [2.45, 2.75) is 51.8 Å². The molecule has 2 N–H and O–H groups in total. The Labute approximate surface area is 125 Å². The van der Waals surface area contributed by atoms with Gasteiger partial charge < -0.3 is 15.2 Å². The highest BCUT2D eigenvalue weighted by Crippen LogP contribution is 2.23. The Morgan fingerprint density at radius 2 is 2.05 bits per heavy atom. The summed E-state index contributed by atoms with van der Waals surface area (Å²) in [5, 5.41) is 13.7. The smallest absolute Gasteiger partial charge is 0.307 e. The van der Waals surface area contributed by atoms with Crippen LogP contribution in [0.4, 0.5) is 4.39 Å². The number of benzene rings is 1. The fourth-order valence-electron chi connectivity index (χ4n) is 2.14. The van der Waals surface area contributed by atoms with E-state index in [1.807, 2.05) is 20.8 Å². The molecule has 2 atom stereocenters. The van der Waals surface area contributed by atoms with Crippen molar-refractivity contribution in [2.24, 2.45) is 0 Å². The van der Waals surface area contributed by atoms with Crippen LogP contribution in [-0.2, 0) is 9.53 Å². The van der Waals surface area contributed by atoms with E-state index >= 15 is 0 Å². The highest BCUT2D eigenvalue weighted by atomic mass is 19.1. The lowest BCUT2D eigenvalue weighted by Gasteiger charge is -2.31. The number of methoxy groups -OCH3 is 1. The molecule has 0 spiro atoms. The average Bonchev–Trinajstić information content (AvgIpc) is 2.38. The predicted molar refractivity (Wildman–Crippen MR) is 79.4 cm³/mol. The lowest BCUT2D eigenvalue weighted by Crippen LogP contribution is -2.47. The zero-order valence-electron chi connectivity index (χ0n) is 13.2. The van der Waals surface area contributed by atoms with Crippen molar-refractivity contribution in [2.75, 3.05) is 7.11 Å². The van der Waals surface area contributed by atoms with Crippen molar-refractivity contribution in [3.05, 3.63) is 35.1 Å². The monoisotopic (exact) mass is 297 g/mol. The summed E-state index contributed by atoms with van der Waals surface area (Å²) < 4.78 is 18.0. The number of rotatable bonds is 5. The molecule has 0 aliphatic rings. The number of carbonyl (C=O) groups excluding carboxylic acids is 1. The summed E-state index contributed by atoms with van der Waals surface area (Å²) in [6.07, 6.45) is -0.895. The third kappa shape index (κ3) is 5.44. The fraction of sp³-hybridized carbons (Fsp3) is 0.562.